The molecule has 0 aromatic heterocycles. The van der Waals surface area contributed by atoms with Crippen molar-refractivity contribution >= 4 is 46.3 Å². The van der Waals surface area contributed by atoms with Crippen LogP contribution >= 0.6 is 23.2 Å². The summed E-state index contributed by atoms with van der Waals surface area (Å²) in [6, 6.07) is 12.2. The highest BCUT2D eigenvalue weighted by atomic mass is 35.5. The Morgan fingerprint density at radius 2 is 1.58 bits per heavy atom. The first kappa shape index (κ1) is 38.9. The molecule has 13 heteroatoms. The van der Waals surface area contributed by atoms with Crippen molar-refractivity contribution in [3.8, 4) is 0 Å². The molecule has 50 heavy (non-hydrogen) atoms. The maximum atomic E-state index is 14.2. The molecular weight excluding hydrogens is 685 g/mol. The number of methoxy groups -OCH3 is 1. The van der Waals surface area contributed by atoms with Gasteiger partial charge in [-0.3, -0.25) is 14.5 Å². The summed E-state index contributed by atoms with van der Waals surface area (Å²) >= 11 is 13.6. The molecule has 0 spiro atoms. The summed E-state index contributed by atoms with van der Waals surface area (Å²) in [5.74, 6) is 0.00763. The van der Waals surface area contributed by atoms with E-state index in [2.05, 4.69) is 15.9 Å². The number of hydrogen-bond acceptors (Lipinski definition) is 10. The zero-order valence-electron chi connectivity index (χ0n) is 28.7. The Bertz CT molecular complexity index is 1460. The number of anilines is 2. The minimum Gasteiger partial charge on any atom is -0.394 e. The number of ether oxygens (including phenoxy) is 1. The second kappa shape index (κ2) is 17.9. The maximum Gasteiger partial charge on any atom is 0.244 e. The molecular formula is C37H51Cl2N3O8. The minimum absolute atomic E-state index is 0.0298. The number of amides is 1. The number of unbranched alkanes of at least 4 members (excludes halogenated alkanes) is 2. The zero-order valence-corrected chi connectivity index (χ0v) is 30.2. The van der Waals surface area contributed by atoms with Gasteiger partial charge in [0.15, 0.2) is 0 Å². The SMILES string of the molecule is CO[C@@H]1C[C@@H](C(=O)N2CCN(C3CC3)c3ccccc32)N(Cc2cc(Cl)c(CCCCCC(=O)CC[C@H](O)[C@@H](O)[C@H](O)[C@H](O)CO)cc2Cl)C1. The van der Waals surface area contributed by atoms with Gasteiger partial charge in [0.2, 0.25) is 5.91 Å². The fourth-order valence-electron chi connectivity index (χ4n) is 7.17. The van der Waals surface area contributed by atoms with Crippen LogP contribution in [0.2, 0.25) is 10.0 Å². The van der Waals surface area contributed by atoms with Crippen molar-refractivity contribution in [1.29, 1.82) is 0 Å². The van der Waals surface area contributed by atoms with E-state index in [1.54, 1.807) is 7.11 Å². The van der Waals surface area contributed by atoms with Gasteiger partial charge in [0, 0.05) is 62.2 Å². The Balaban J connectivity index is 1.11. The largest absolute Gasteiger partial charge is 0.394 e. The summed E-state index contributed by atoms with van der Waals surface area (Å²) in [5, 5.41) is 49.2. The summed E-state index contributed by atoms with van der Waals surface area (Å²) in [6.07, 6.45) is -0.193. The van der Waals surface area contributed by atoms with Crippen LogP contribution in [0.4, 0.5) is 11.4 Å². The van der Waals surface area contributed by atoms with Crippen LogP contribution in [0.15, 0.2) is 36.4 Å². The first-order valence-electron chi connectivity index (χ1n) is 17.8. The molecule has 6 atom stereocenters. The van der Waals surface area contributed by atoms with Crippen LogP contribution in [0.5, 0.6) is 0 Å². The number of rotatable bonds is 18. The molecule has 3 aliphatic rings. The van der Waals surface area contributed by atoms with Gasteiger partial charge in [-0.25, -0.2) is 0 Å². The fraction of sp³-hybridized carbons (Fsp3) is 0.622. The number of fused-ring (bicyclic) bond motifs is 1. The monoisotopic (exact) mass is 735 g/mol. The second-order valence-electron chi connectivity index (χ2n) is 13.9. The molecule has 1 amide bonds. The summed E-state index contributed by atoms with van der Waals surface area (Å²) < 4.78 is 5.73. The van der Waals surface area contributed by atoms with E-state index in [0.717, 1.165) is 41.9 Å². The molecule has 1 saturated carbocycles. The van der Waals surface area contributed by atoms with Crippen molar-refractivity contribution in [1.82, 2.24) is 4.90 Å². The maximum absolute atomic E-state index is 14.2. The molecule has 2 heterocycles. The van der Waals surface area contributed by atoms with Crippen LogP contribution in [0.25, 0.3) is 0 Å². The van der Waals surface area contributed by atoms with E-state index in [9.17, 15) is 30.0 Å². The lowest BCUT2D eigenvalue weighted by atomic mass is 9.97. The first-order valence-corrected chi connectivity index (χ1v) is 18.5. The van der Waals surface area contributed by atoms with Crippen LogP contribution in [-0.2, 0) is 27.3 Å². The number of carbonyl (C=O) groups excluding carboxylic acids is 2. The third-order valence-corrected chi connectivity index (χ3v) is 11.0. The first-order chi connectivity index (χ1) is 24.0. The molecule has 1 aliphatic carbocycles. The van der Waals surface area contributed by atoms with Crippen molar-refractivity contribution in [3.63, 3.8) is 0 Å². The summed E-state index contributed by atoms with van der Waals surface area (Å²) in [4.78, 5) is 33.0. The van der Waals surface area contributed by atoms with Gasteiger partial charge in [-0.1, -0.05) is 41.8 Å². The van der Waals surface area contributed by atoms with Gasteiger partial charge < -0.3 is 40.1 Å². The number of benzene rings is 2. The lowest BCUT2D eigenvalue weighted by Gasteiger charge is -2.39. The Morgan fingerprint density at radius 1 is 0.900 bits per heavy atom. The van der Waals surface area contributed by atoms with Crippen molar-refractivity contribution in [3.05, 3.63) is 57.6 Å². The number of hydrogen-bond donors (Lipinski definition) is 5. The highest BCUT2D eigenvalue weighted by Crippen LogP contribution is 2.41. The van der Waals surface area contributed by atoms with E-state index < -0.39 is 31.0 Å². The quantitative estimate of drug-likeness (QED) is 0.144. The van der Waals surface area contributed by atoms with Crippen molar-refractivity contribution in [2.24, 2.45) is 0 Å². The van der Waals surface area contributed by atoms with Crippen LogP contribution in [0.3, 0.4) is 0 Å². The van der Waals surface area contributed by atoms with Gasteiger partial charge in [0.25, 0.3) is 0 Å². The molecule has 5 rings (SSSR count). The predicted octanol–water partition coefficient (Wildman–Crippen LogP) is 3.49. The molecule has 2 fully saturated rings. The number of carbonyl (C=O) groups is 2. The van der Waals surface area contributed by atoms with Gasteiger partial charge in [-0.2, -0.15) is 0 Å². The number of ketones is 1. The predicted molar refractivity (Wildman–Crippen MR) is 193 cm³/mol. The van der Waals surface area contributed by atoms with Gasteiger partial charge >= 0.3 is 0 Å². The van der Waals surface area contributed by atoms with Crippen LogP contribution < -0.4 is 9.80 Å². The smallest absolute Gasteiger partial charge is 0.244 e. The van der Waals surface area contributed by atoms with E-state index in [1.165, 1.54) is 12.8 Å². The third kappa shape index (κ3) is 9.56. The standard InChI is InChI=1S/C37H51Cl2N3O8/c1-50-27-19-32(37(49)42-16-15-41(25-11-12-25)30-9-5-6-10-31(30)42)40(21-27)20-24-18-28(38)23(17-29(24)39)7-3-2-4-8-26(44)13-14-33(45)35(47)36(48)34(46)22-43/h5-6,9-10,17-18,25,27,32-36,43,45-48H,2-4,7-8,11-16,19-22H2,1H3/t27-,32+,33+,34-,35-,36-/m1/s1. The number of aliphatic hydroxyl groups excluding tert-OH is 5. The summed E-state index contributed by atoms with van der Waals surface area (Å²) in [7, 11) is 1.69. The number of para-hydroxylation sites is 2. The van der Waals surface area contributed by atoms with E-state index in [-0.39, 0.29) is 36.7 Å². The Labute approximate surface area is 304 Å². The Kier molecular flexibility index (Phi) is 14.0. The van der Waals surface area contributed by atoms with Gasteiger partial charge in [-0.05, 0) is 80.3 Å². The molecule has 0 radical (unpaired) electrons. The number of Topliss-reactive ketones (excluding diaryl/α,β-unsaturated/α-hetero) is 1. The van der Waals surface area contributed by atoms with Crippen LogP contribution in [-0.4, -0.2) is 118 Å². The molecule has 276 valence electrons. The van der Waals surface area contributed by atoms with E-state index in [0.29, 0.717) is 61.4 Å². The highest BCUT2D eigenvalue weighted by Gasteiger charge is 2.42. The van der Waals surface area contributed by atoms with Crippen molar-refractivity contribution in [2.75, 3.05) is 43.2 Å². The minimum atomic E-state index is -1.70. The van der Waals surface area contributed by atoms with Crippen LogP contribution in [0, 0.1) is 0 Å². The van der Waals surface area contributed by atoms with Gasteiger partial charge in [0.05, 0.1) is 36.2 Å². The second-order valence-corrected chi connectivity index (χ2v) is 14.7. The van der Waals surface area contributed by atoms with Crippen LogP contribution in [0.1, 0.15) is 68.9 Å². The summed E-state index contributed by atoms with van der Waals surface area (Å²) in [5.41, 5.74) is 3.87. The molecule has 11 nitrogen and oxygen atoms in total. The molecule has 2 aliphatic heterocycles. The number of nitrogens with zero attached hydrogens (tertiary/aromatic N) is 3. The lowest BCUT2D eigenvalue weighted by Crippen LogP contribution is -2.51. The Hall–Kier alpha value is -2.32. The molecule has 1 saturated heterocycles. The average Bonchev–Trinajstić information content (AvgIpc) is 3.89. The van der Waals surface area contributed by atoms with Crippen molar-refractivity contribution < 1.29 is 39.9 Å². The lowest BCUT2D eigenvalue weighted by molar-refractivity contribution is -0.125. The number of aryl methyl sites for hydroxylation is 1. The topological polar surface area (TPSA) is 154 Å². The highest BCUT2D eigenvalue weighted by molar-refractivity contribution is 6.34. The average molecular weight is 737 g/mol. The third-order valence-electron chi connectivity index (χ3n) is 10.3. The van der Waals surface area contributed by atoms with Gasteiger partial charge in [-0.15, -0.1) is 0 Å². The molecule has 2 aromatic carbocycles. The normalized spacial score (nSPS) is 21.9. The number of likely N-dealkylation sites (tertiary alicyclic amines) is 1. The molecule has 5 N–H and O–H groups in total. The molecule has 0 bridgehead atoms. The van der Waals surface area contributed by atoms with E-state index >= 15 is 0 Å². The van der Waals surface area contributed by atoms with E-state index in [1.807, 2.05) is 35.2 Å². The van der Waals surface area contributed by atoms with Gasteiger partial charge in [0.1, 0.15) is 24.1 Å². The fourth-order valence-corrected chi connectivity index (χ4v) is 7.69. The number of aliphatic hydroxyl groups is 5. The zero-order chi connectivity index (χ0) is 35.9. The Morgan fingerprint density at radius 3 is 2.28 bits per heavy atom. The molecule has 2 aromatic rings. The van der Waals surface area contributed by atoms with E-state index in [4.69, 9.17) is 33.0 Å². The van der Waals surface area contributed by atoms with Crippen molar-refractivity contribution in [2.45, 2.75) is 113 Å². The number of halogens is 2. The summed E-state index contributed by atoms with van der Waals surface area (Å²) in [6.45, 7) is 1.80. The molecule has 0 unspecified atom stereocenters.